The van der Waals surface area contributed by atoms with Gasteiger partial charge in [0.1, 0.15) is 6.33 Å². The molecule has 1 aromatic heterocycles. The summed E-state index contributed by atoms with van der Waals surface area (Å²) in [6, 6.07) is 15.6. The largest absolute Gasteiger partial charge is 0.392 e. The number of hydrogen-bond donors (Lipinski definition) is 3. The number of urea groups is 1. The lowest BCUT2D eigenvalue weighted by atomic mass is 9.91. The van der Waals surface area contributed by atoms with Crippen LogP contribution in [-0.2, 0) is 29.7 Å². The Balaban J connectivity index is 1.51. The van der Waals surface area contributed by atoms with Crippen molar-refractivity contribution in [3.8, 4) is 0 Å². The topological polar surface area (TPSA) is 111 Å². The molecule has 4 unspecified atom stereocenters. The molecule has 2 amide bonds. The van der Waals surface area contributed by atoms with Crippen molar-refractivity contribution in [1.82, 2.24) is 25.4 Å². The van der Waals surface area contributed by atoms with E-state index in [2.05, 4.69) is 27.8 Å². The van der Waals surface area contributed by atoms with Gasteiger partial charge in [-0.1, -0.05) is 67.2 Å². The Kier molecular flexibility index (Phi) is 8.98. The normalized spacial score (nSPS) is 21.8. The number of rotatable bonds is 9. The average molecular weight is 512 g/mol. The summed E-state index contributed by atoms with van der Waals surface area (Å²) < 4.78 is 14.9. The Morgan fingerprint density at radius 2 is 1.75 bits per heavy atom. The second kappa shape index (κ2) is 12.4. The first-order chi connectivity index (χ1) is 17.5. The highest BCUT2D eigenvalue weighted by Gasteiger charge is 2.38. The van der Waals surface area contributed by atoms with Gasteiger partial charge in [-0.15, -0.1) is 10.2 Å². The van der Waals surface area contributed by atoms with Crippen molar-refractivity contribution in [1.29, 1.82) is 0 Å². The van der Waals surface area contributed by atoms with Crippen molar-refractivity contribution in [2.45, 2.75) is 50.7 Å². The van der Waals surface area contributed by atoms with Crippen LogP contribution < -0.4 is 10.6 Å². The van der Waals surface area contributed by atoms with Crippen LogP contribution in [0.15, 0.2) is 60.0 Å². The number of nitrogens with zero attached hydrogens (tertiary/aromatic N) is 3. The third-order valence-electron chi connectivity index (χ3n) is 6.21. The van der Waals surface area contributed by atoms with Crippen molar-refractivity contribution in [3.63, 3.8) is 0 Å². The van der Waals surface area contributed by atoms with Crippen LogP contribution in [0.1, 0.15) is 48.5 Å². The number of benzene rings is 2. The Hall–Kier alpha value is -2.92. The number of aliphatic hydroxyl groups excluding tert-OH is 1. The molecule has 0 spiro atoms. The fourth-order valence-corrected chi connectivity index (χ4v) is 5.12. The molecule has 2 aromatic carbocycles. The minimum Gasteiger partial charge on any atom is -0.392 e. The van der Waals surface area contributed by atoms with Gasteiger partial charge in [0.15, 0.2) is 11.4 Å². The Morgan fingerprint density at radius 3 is 2.39 bits per heavy atom. The first-order valence-corrected chi connectivity index (χ1v) is 13.0. The molecule has 4 atom stereocenters. The van der Waals surface area contributed by atoms with Crippen LogP contribution in [0.4, 0.5) is 4.79 Å². The smallest absolute Gasteiger partial charge is 0.315 e. The minimum absolute atomic E-state index is 0.00533. The molecule has 4 rings (SSSR count). The zero-order chi connectivity index (χ0) is 25.5. The molecule has 3 aromatic rings. The number of aromatic nitrogens is 3. The van der Waals surface area contributed by atoms with Crippen molar-refractivity contribution >= 4 is 17.8 Å². The predicted octanol–water partition coefficient (Wildman–Crippen LogP) is 3.71. The second-order valence-electron chi connectivity index (χ2n) is 8.81. The quantitative estimate of drug-likeness (QED) is 0.376. The van der Waals surface area contributed by atoms with E-state index in [1.807, 2.05) is 67.1 Å². The van der Waals surface area contributed by atoms with E-state index in [-0.39, 0.29) is 30.8 Å². The minimum atomic E-state index is -0.542. The molecule has 0 radical (unpaired) electrons. The van der Waals surface area contributed by atoms with Gasteiger partial charge in [0.25, 0.3) is 0 Å². The van der Waals surface area contributed by atoms with Crippen LogP contribution in [0.25, 0.3) is 0 Å². The molecule has 10 heteroatoms. The third kappa shape index (κ3) is 6.44. The fraction of sp³-hybridized carbons (Fsp3) is 0.423. The standard InChI is InChI=1S/C26H33N5O4S/c1-4-27-25(33)28-13-18-5-11-21(12-6-18)24-34-22(15-36-26-30-29-16-31(26)3)17(2)23(35-24)20-9-7-19(14-32)8-10-20/h5-12,16-17,22-24,32H,4,13-15H2,1-3H3,(H2,27,28,33). The van der Waals surface area contributed by atoms with Crippen molar-refractivity contribution < 1.29 is 19.4 Å². The predicted molar refractivity (Wildman–Crippen MR) is 137 cm³/mol. The molecule has 3 N–H and O–H groups in total. The second-order valence-corrected chi connectivity index (χ2v) is 9.80. The Labute approximate surface area is 215 Å². The SMILES string of the molecule is CCNC(=O)NCc1ccc(C2OC(CSc3nncn3C)C(C)C(c3ccc(CO)cc3)O2)cc1. The molecule has 2 heterocycles. The van der Waals surface area contributed by atoms with E-state index in [0.29, 0.717) is 18.8 Å². The number of thioether (sulfide) groups is 1. The van der Waals surface area contributed by atoms with Gasteiger partial charge < -0.3 is 29.8 Å². The zero-order valence-electron chi connectivity index (χ0n) is 20.8. The van der Waals surface area contributed by atoms with Crippen LogP contribution in [0.3, 0.4) is 0 Å². The van der Waals surface area contributed by atoms with E-state index in [4.69, 9.17) is 9.47 Å². The third-order valence-corrected chi connectivity index (χ3v) is 7.34. The maximum absolute atomic E-state index is 11.7. The van der Waals surface area contributed by atoms with Gasteiger partial charge in [0, 0.05) is 37.4 Å². The molecule has 0 aliphatic carbocycles. The van der Waals surface area contributed by atoms with Crippen LogP contribution in [-0.4, -0.2) is 44.3 Å². The summed E-state index contributed by atoms with van der Waals surface area (Å²) in [6.07, 6.45) is 0.875. The van der Waals surface area contributed by atoms with Gasteiger partial charge >= 0.3 is 6.03 Å². The van der Waals surface area contributed by atoms with Gasteiger partial charge in [-0.3, -0.25) is 0 Å². The summed E-state index contributed by atoms with van der Waals surface area (Å²) in [5, 5.41) is 24.0. The van der Waals surface area contributed by atoms with Gasteiger partial charge in [-0.25, -0.2) is 4.79 Å². The highest BCUT2D eigenvalue weighted by molar-refractivity contribution is 7.99. The Bertz CT molecular complexity index is 1120. The lowest BCUT2D eigenvalue weighted by Crippen LogP contribution is -2.38. The highest BCUT2D eigenvalue weighted by Crippen LogP contribution is 2.42. The molecular weight excluding hydrogens is 478 g/mol. The molecule has 36 heavy (non-hydrogen) atoms. The maximum atomic E-state index is 11.7. The van der Waals surface area contributed by atoms with Gasteiger partial charge in [-0.05, 0) is 23.6 Å². The first kappa shape index (κ1) is 26.2. The van der Waals surface area contributed by atoms with Crippen molar-refractivity contribution in [2.24, 2.45) is 13.0 Å². The molecule has 1 aliphatic heterocycles. The van der Waals surface area contributed by atoms with E-state index < -0.39 is 6.29 Å². The molecule has 1 saturated heterocycles. The highest BCUT2D eigenvalue weighted by atomic mass is 32.2. The van der Waals surface area contributed by atoms with Crippen LogP contribution in [0.2, 0.25) is 0 Å². The van der Waals surface area contributed by atoms with Crippen LogP contribution in [0, 0.1) is 5.92 Å². The summed E-state index contributed by atoms with van der Waals surface area (Å²) in [4.78, 5) is 11.7. The van der Waals surface area contributed by atoms with Crippen molar-refractivity contribution in [3.05, 3.63) is 77.1 Å². The number of amides is 2. The van der Waals surface area contributed by atoms with Crippen LogP contribution in [0.5, 0.6) is 0 Å². The number of carbonyl (C=O) groups is 1. The number of nitrogens with one attached hydrogen (secondary N) is 2. The molecule has 0 saturated carbocycles. The molecule has 9 nitrogen and oxygen atoms in total. The summed E-state index contributed by atoms with van der Waals surface area (Å²) in [7, 11) is 1.92. The first-order valence-electron chi connectivity index (χ1n) is 12.1. The number of hydrogen-bond acceptors (Lipinski definition) is 7. The van der Waals surface area contributed by atoms with E-state index in [1.54, 1.807) is 18.1 Å². The summed E-state index contributed by atoms with van der Waals surface area (Å²) in [5.41, 5.74) is 3.81. The lowest BCUT2D eigenvalue weighted by molar-refractivity contribution is -0.268. The van der Waals surface area contributed by atoms with Gasteiger partial charge in [0.2, 0.25) is 0 Å². The zero-order valence-corrected chi connectivity index (χ0v) is 21.6. The van der Waals surface area contributed by atoms with E-state index in [9.17, 15) is 9.90 Å². The molecule has 1 aliphatic rings. The number of aliphatic hydroxyl groups is 1. The molecule has 1 fully saturated rings. The Morgan fingerprint density at radius 1 is 1.06 bits per heavy atom. The number of carbonyl (C=O) groups excluding carboxylic acids is 1. The monoisotopic (exact) mass is 511 g/mol. The van der Waals surface area contributed by atoms with E-state index in [1.165, 1.54) is 0 Å². The summed E-state index contributed by atoms with van der Waals surface area (Å²) in [5.74, 6) is 0.787. The van der Waals surface area contributed by atoms with Crippen LogP contribution >= 0.6 is 11.8 Å². The molecule has 0 bridgehead atoms. The van der Waals surface area contributed by atoms with Gasteiger partial charge in [-0.2, -0.15) is 0 Å². The number of ether oxygens (including phenoxy) is 2. The molecular formula is C26H33N5O4S. The summed E-state index contributed by atoms with van der Waals surface area (Å²) >= 11 is 1.61. The number of aryl methyl sites for hydroxylation is 1. The van der Waals surface area contributed by atoms with Crippen molar-refractivity contribution in [2.75, 3.05) is 12.3 Å². The van der Waals surface area contributed by atoms with Gasteiger partial charge in [0.05, 0.1) is 18.8 Å². The fourth-order valence-electron chi connectivity index (χ4n) is 4.07. The molecule has 192 valence electrons. The lowest BCUT2D eigenvalue weighted by Gasteiger charge is -2.41. The maximum Gasteiger partial charge on any atom is 0.315 e. The average Bonchev–Trinajstić information content (AvgIpc) is 3.32. The van der Waals surface area contributed by atoms with E-state index in [0.717, 1.165) is 27.4 Å². The summed E-state index contributed by atoms with van der Waals surface area (Å²) in [6.45, 7) is 5.04. The van der Waals surface area contributed by atoms with E-state index >= 15 is 0 Å².